The molecule has 0 aromatic heterocycles. The fourth-order valence-electron chi connectivity index (χ4n) is 1.05. The second kappa shape index (κ2) is 5.79. The number of hydrogen-bond donors (Lipinski definition) is 0. The van der Waals surface area contributed by atoms with Crippen molar-refractivity contribution >= 4 is 45.3 Å². The quantitative estimate of drug-likeness (QED) is 0.371. The molecule has 0 heterocycles. The van der Waals surface area contributed by atoms with Crippen LogP contribution in [0.2, 0.25) is 5.02 Å². The molecule has 0 amide bonds. The van der Waals surface area contributed by atoms with E-state index in [0.29, 0.717) is 10.6 Å². The molecular weight excluding hydrogens is 313 g/mol. The highest BCUT2D eigenvalue weighted by Crippen LogP contribution is 2.31. The predicted molar refractivity (Wildman–Crippen MR) is 66.9 cm³/mol. The van der Waals surface area contributed by atoms with Gasteiger partial charge in [0, 0.05) is 22.7 Å². The Kier molecular flexibility index (Phi) is 4.65. The van der Waals surface area contributed by atoms with Crippen molar-refractivity contribution in [2.45, 2.75) is 0 Å². The van der Waals surface area contributed by atoms with Crippen molar-refractivity contribution in [1.82, 2.24) is 0 Å². The van der Waals surface area contributed by atoms with E-state index in [9.17, 15) is 14.9 Å². The van der Waals surface area contributed by atoms with Crippen LogP contribution in [0.4, 0.5) is 5.69 Å². The lowest BCUT2D eigenvalue weighted by molar-refractivity contribution is -0.385. The Morgan fingerprint density at radius 1 is 1.59 bits per heavy atom. The molecule has 0 radical (unpaired) electrons. The molecule has 0 fully saturated rings. The third kappa shape index (κ3) is 3.54. The van der Waals surface area contributed by atoms with Crippen molar-refractivity contribution in [3.63, 3.8) is 0 Å². The summed E-state index contributed by atoms with van der Waals surface area (Å²) >= 11 is 8.91. The Morgan fingerprint density at radius 2 is 2.24 bits per heavy atom. The molecule has 90 valence electrons. The molecule has 0 aliphatic carbocycles. The fraction of sp³-hybridized carbons (Fsp3) is 0.100. The number of halogens is 2. The number of hydrogen-bond acceptors (Lipinski definition) is 4. The molecule has 0 aliphatic heterocycles. The van der Waals surface area contributed by atoms with Crippen LogP contribution >= 0.6 is 27.5 Å². The predicted octanol–water partition coefficient (Wildman–Crippen LogP) is 3.20. The molecular formula is C10H7BrClNO4. The van der Waals surface area contributed by atoms with Crippen LogP contribution < -0.4 is 0 Å². The van der Waals surface area contributed by atoms with Crippen LogP contribution in [-0.4, -0.2) is 18.0 Å². The number of nitrogens with zero attached hydrogens (tertiary/aromatic N) is 1. The van der Waals surface area contributed by atoms with Crippen molar-refractivity contribution in [1.29, 1.82) is 0 Å². The van der Waals surface area contributed by atoms with E-state index in [1.165, 1.54) is 25.3 Å². The third-order valence-electron chi connectivity index (χ3n) is 1.86. The third-order valence-corrected chi connectivity index (χ3v) is 2.83. The van der Waals surface area contributed by atoms with Gasteiger partial charge in [-0.1, -0.05) is 11.6 Å². The molecule has 0 spiro atoms. The SMILES string of the molecule is COC(=O)/C=C/c1cc([N+](=O)[O-])c(Br)cc1Cl. The van der Waals surface area contributed by atoms with Crippen molar-refractivity contribution in [2.24, 2.45) is 0 Å². The molecule has 0 aliphatic rings. The highest BCUT2D eigenvalue weighted by atomic mass is 79.9. The van der Waals surface area contributed by atoms with Crippen molar-refractivity contribution in [3.8, 4) is 0 Å². The monoisotopic (exact) mass is 319 g/mol. The average Bonchev–Trinajstić information content (AvgIpc) is 2.26. The molecule has 0 saturated carbocycles. The molecule has 0 N–H and O–H groups in total. The Bertz CT molecular complexity index is 501. The van der Waals surface area contributed by atoms with Crippen molar-refractivity contribution in [2.75, 3.05) is 7.11 Å². The number of benzene rings is 1. The van der Waals surface area contributed by atoms with Gasteiger partial charge >= 0.3 is 5.97 Å². The normalized spacial score (nSPS) is 10.5. The van der Waals surface area contributed by atoms with E-state index in [4.69, 9.17) is 11.6 Å². The van der Waals surface area contributed by atoms with Gasteiger partial charge in [0.15, 0.2) is 0 Å². The summed E-state index contributed by atoms with van der Waals surface area (Å²) in [5.41, 5.74) is 0.242. The lowest BCUT2D eigenvalue weighted by Gasteiger charge is -2.01. The van der Waals surface area contributed by atoms with Crippen LogP contribution in [0, 0.1) is 10.1 Å². The van der Waals surface area contributed by atoms with E-state index >= 15 is 0 Å². The molecule has 0 atom stereocenters. The standard InChI is InChI=1S/C10H7BrClNO4/c1-17-10(14)3-2-6-4-9(13(15)16)7(11)5-8(6)12/h2-5H,1H3/b3-2+. The summed E-state index contributed by atoms with van der Waals surface area (Å²) in [4.78, 5) is 21.0. The molecule has 17 heavy (non-hydrogen) atoms. The zero-order valence-corrected chi connectivity index (χ0v) is 11.0. The van der Waals surface area contributed by atoms with E-state index in [2.05, 4.69) is 20.7 Å². The lowest BCUT2D eigenvalue weighted by Crippen LogP contribution is -1.94. The minimum Gasteiger partial charge on any atom is -0.466 e. The van der Waals surface area contributed by atoms with E-state index in [1.807, 2.05) is 0 Å². The summed E-state index contributed by atoms with van der Waals surface area (Å²) < 4.78 is 4.68. The minimum absolute atomic E-state index is 0.126. The maximum absolute atomic E-state index is 10.9. The molecule has 0 bridgehead atoms. The van der Waals surface area contributed by atoms with Gasteiger partial charge in [-0.15, -0.1) is 0 Å². The van der Waals surface area contributed by atoms with Gasteiger partial charge in [-0.05, 0) is 28.1 Å². The summed E-state index contributed by atoms with van der Waals surface area (Å²) in [5, 5.41) is 11.0. The smallest absolute Gasteiger partial charge is 0.330 e. The second-order valence-corrected chi connectivity index (χ2v) is 4.20. The van der Waals surface area contributed by atoms with Gasteiger partial charge in [-0.3, -0.25) is 10.1 Å². The molecule has 5 nitrogen and oxygen atoms in total. The number of esters is 1. The number of rotatable bonds is 3. The van der Waals surface area contributed by atoms with E-state index in [1.54, 1.807) is 0 Å². The van der Waals surface area contributed by atoms with Gasteiger partial charge in [0.05, 0.1) is 16.5 Å². The Morgan fingerprint density at radius 3 is 2.76 bits per heavy atom. The van der Waals surface area contributed by atoms with Crippen LogP contribution in [0.3, 0.4) is 0 Å². The first-order chi connectivity index (χ1) is 7.95. The highest BCUT2D eigenvalue weighted by molar-refractivity contribution is 9.10. The molecule has 1 rings (SSSR count). The molecule has 1 aromatic rings. The Hall–Kier alpha value is -1.40. The van der Waals surface area contributed by atoms with Crippen LogP contribution in [0.1, 0.15) is 5.56 Å². The number of carbonyl (C=O) groups excluding carboxylic acids is 1. The zero-order valence-electron chi connectivity index (χ0n) is 8.65. The van der Waals surface area contributed by atoms with Gasteiger partial charge < -0.3 is 4.74 Å². The summed E-state index contributed by atoms with van der Waals surface area (Å²) in [7, 11) is 1.23. The summed E-state index contributed by atoms with van der Waals surface area (Å²) in [6.45, 7) is 0. The Balaban J connectivity index is 3.16. The summed E-state index contributed by atoms with van der Waals surface area (Å²) in [6, 6.07) is 2.67. The first-order valence-electron chi connectivity index (χ1n) is 4.35. The van der Waals surface area contributed by atoms with Crippen molar-refractivity contribution in [3.05, 3.63) is 43.4 Å². The molecule has 1 aromatic carbocycles. The fourth-order valence-corrected chi connectivity index (χ4v) is 1.89. The van der Waals surface area contributed by atoms with Crippen LogP contribution in [0.25, 0.3) is 6.08 Å². The van der Waals surface area contributed by atoms with Crippen molar-refractivity contribution < 1.29 is 14.5 Å². The lowest BCUT2D eigenvalue weighted by atomic mass is 10.2. The number of nitro benzene ring substituents is 1. The van der Waals surface area contributed by atoms with Gasteiger partial charge in [0.2, 0.25) is 0 Å². The molecule has 0 saturated heterocycles. The van der Waals surface area contributed by atoms with Gasteiger partial charge in [0.1, 0.15) is 0 Å². The Labute approximate surface area is 110 Å². The number of ether oxygens (including phenoxy) is 1. The van der Waals surface area contributed by atoms with Gasteiger partial charge in [-0.25, -0.2) is 4.79 Å². The summed E-state index contributed by atoms with van der Waals surface area (Å²) in [5.74, 6) is -0.563. The van der Waals surface area contributed by atoms with Gasteiger partial charge in [0.25, 0.3) is 5.69 Å². The number of nitro groups is 1. The maximum atomic E-state index is 10.9. The number of carbonyl (C=O) groups is 1. The topological polar surface area (TPSA) is 69.4 Å². The minimum atomic E-state index is -0.563. The van der Waals surface area contributed by atoms with Gasteiger partial charge in [-0.2, -0.15) is 0 Å². The summed E-state index contributed by atoms with van der Waals surface area (Å²) in [6.07, 6.45) is 2.49. The second-order valence-electron chi connectivity index (χ2n) is 2.94. The zero-order chi connectivity index (χ0) is 13.0. The largest absolute Gasteiger partial charge is 0.466 e. The first-order valence-corrected chi connectivity index (χ1v) is 5.52. The highest BCUT2D eigenvalue weighted by Gasteiger charge is 2.14. The van der Waals surface area contributed by atoms with Crippen LogP contribution in [0.5, 0.6) is 0 Å². The average molecular weight is 321 g/mol. The molecule has 7 heteroatoms. The van der Waals surface area contributed by atoms with Crippen LogP contribution in [-0.2, 0) is 9.53 Å². The van der Waals surface area contributed by atoms with Crippen LogP contribution in [0.15, 0.2) is 22.7 Å². The van der Waals surface area contributed by atoms with E-state index in [0.717, 1.165) is 6.08 Å². The van der Waals surface area contributed by atoms with E-state index < -0.39 is 10.9 Å². The number of methoxy groups -OCH3 is 1. The first kappa shape index (κ1) is 13.7. The molecule has 0 unspecified atom stereocenters. The maximum Gasteiger partial charge on any atom is 0.330 e. The van der Waals surface area contributed by atoms with E-state index in [-0.39, 0.29) is 10.2 Å².